The molecule has 0 saturated carbocycles. The predicted octanol–water partition coefficient (Wildman–Crippen LogP) is 0.955. The summed E-state index contributed by atoms with van der Waals surface area (Å²) < 4.78 is 5.75. The zero-order valence-electron chi connectivity index (χ0n) is 10.3. The molecular formula is C13H22N2O2. The minimum absolute atomic E-state index is 0.200. The molecule has 0 aromatic heterocycles. The fraction of sp³-hybridized carbons (Fsp3) is 0.923. The van der Waals surface area contributed by atoms with Gasteiger partial charge in [-0.25, -0.2) is 0 Å². The molecule has 0 spiro atoms. The van der Waals surface area contributed by atoms with Crippen molar-refractivity contribution in [1.29, 1.82) is 0 Å². The summed E-state index contributed by atoms with van der Waals surface area (Å²) in [7, 11) is 0. The summed E-state index contributed by atoms with van der Waals surface area (Å²) in [6, 6.07) is 0.674. The Morgan fingerprint density at radius 1 is 1.29 bits per heavy atom. The van der Waals surface area contributed by atoms with Crippen LogP contribution in [0.2, 0.25) is 0 Å². The van der Waals surface area contributed by atoms with Gasteiger partial charge in [-0.2, -0.15) is 0 Å². The Hall–Kier alpha value is -0.610. The third kappa shape index (κ3) is 2.63. The van der Waals surface area contributed by atoms with E-state index in [1.807, 2.05) is 0 Å². The Labute approximate surface area is 102 Å². The third-order valence-electron chi connectivity index (χ3n) is 4.30. The summed E-state index contributed by atoms with van der Waals surface area (Å²) in [5.41, 5.74) is 0. The van der Waals surface area contributed by atoms with E-state index in [1.165, 1.54) is 19.3 Å². The van der Waals surface area contributed by atoms with Gasteiger partial charge in [0.25, 0.3) is 0 Å². The molecule has 3 saturated heterocycles. The van der Waals surface area contributed by atoms with Crippen LogP contribution < -0.4 is 10.6 Å². The van der Waals surface area contributed by atoms with Crippen LogP contribution in [0, 0.1) is 0 Å². The highest BCUT2D eigenvalue weighted by Gasteiger charge is 2.41. The normalized spacial score (nSPS) is 40.5. The van der Waals surface area contributed by atoms with Gasteiger partial charge < -0.3 is 15.4 Å². The molecule has 3 aliphatic rings. The summed E-state index contributed by atoms with van der Waals surface area (Å²) in [4.78, 5) is 11.9. The maximum absolute atomic E-state index is 11.9. The summed E-state index contributed by atoms with van der Waals surface area (Å²) in [6.07, 6.45) is 8.31. The molecule has 3 heterocycles. The molecule has 0 radical (unpaired) electrons. The number of carbonyl (C=O) groups excluding carboxylic acids is 1. The maximum atomic E-state index is 11.9. The number of nitrogens with one attached hydrogen (secondary N) is 2. The first-order chi connectivity index (χ1) is 8.31. The second kappa shape index (κ2) is 4.94. The summed E-state index contributed by atoms with van der Waals surface area (Å²) >= 11 is 0. The van der Waals surface area contributed by atoms with Crippen LogP contribution in [0.5, 0.6) is 0 Å². The molecule has 4 unspecified atom stereocenters. The second-order valence-electron chi connectivity index (χ2n) is 5.63. The molecule has 4 nitrogen and oxygen atoms in total. The minimum atomic E-state index is 0.200. The molecule has 4 atom stereocenters. The average molecular weight is 238 g/mol. The fourth-order valence-electron chi connectivity index (χ4n) is 3.38. The Bertz CT molecular complexity index is 289. The highest BCUT2D eigenvalue weighted by atomic mass is 16.5. The van der Waals surface area contributed by atoms with Gasteiger partial charge in [0.1, 0.15) is 0 Å². The van der Waals surface area contributed by atoms with Crippen LogP contribution in [-0.2, 0) is 9.53 Å². The van der Waals surface area contributed by atoms with Crippen molar-refractivity contribution in [3.05, 3.63) is 0 Å². The quantitative estimate of drug-likeness (QED) is 0.770. The van der Waals surface area contributed by atoms with Crippen LogP contribution >= 0.6 is 0 Å². The first-order valence-electron chi connectivity index (χ1n) is 6.99. The fourth-order valence-corrected chi connectivity index (χ4v) is 3.38. The molecule has 3 aliphatic heterocycles. The second-order valence-corrected chi connectivity index (χ2v) is 5.63. The largest absolute Gasteiger partial charge is 0.373 e. The van der Waals surface area contributed by atoms with Crippen molar-refractivity contribution < 1.29 is 9.53 Å². The molecule has 0 aromatic carbocycles. The van der Waals surface area contributed by atoms with Crippen molar-refractivity contribution in [3.8, 4) is 0 Å². The van der Waals surface area contributed by atoms with Crippen LogP contribution in [0.1, 0.15) is 44.9 Å². The van der Waals surface area contributed by atoms with Crippen molar-refractivity contribution in [2.75, 3.05) is 6.54 Å². The predicted molar refractivity (Wildman–Crippen MR) is 64.7 cm³/mol. The van der Waals surface area contributed by atoms with E-state index in [1.54, 1.807) is 0 Å². The smallest absolute Gasteiger partial charge is 0.221 e. The highest BCUT2D eigenvalue weighted by Crippen LogP contribution is 2.34. The van der Waals surface area contributed by atoms with Crippen molar-refractivity contribution in [2.24, 2.45) is 0 Å². The van der Waals surface area contributed by atoms with Gasteiger partial charge in [0.2, 0.25) is 5.91 Å². The molecule has 3 fully saturated rings. The van der Waals surface area contributed by atoms with Crippen molar-refractivity contribution in [3.63, 3.8) is 0 Å². The highest BCUT2D eigenvalue weighted by molar-refractivity contribution is 5.77. The van der Waals surface area contributed by atoms with Crippen LogP contribution in [0.15, 0.2) is 0 Å². The van der Waals surface area contributed by atoms with Crippen LogP contribution in [0.25, 0.3) is 0 Å². The van der Waals surface area contributed by atoms with E-state index in [0.717, 1.165) is 25.8 Å². The topological polar surface area (TPSA) is 50.4 Å². The Morgan fingerprint density at radius 3 is 2.88 bits per heavy atom. The number of ether oxygens (including phenoxy) is 1. The lowest BCUT2D eigenvalue weighted by molar-refractivity contribution is -0.122. The van der Waals surface area contributed by atoms with Gasteiger partial charge in [0.05, 0.1) is 18.2 Å². The first kappa shape index (κ1) is 11.5. The van der Waals surface area contributed by atoms with Gasteiger partial charge in [-0.3, -0.25) is 4.79 Å². The number of rotatable bonds is 3. The molecular weight excluding hydrogens is 216 g/mol. The monoisotopic (exact) mass is 238 g/mol. The van der Waals surface area contributed by atoms with Gasteiger partial charge in [-0.1, -0.05) is 6.42 Å². The van der Waals surface area contributed by atoms with Crippen LogP contribution in [0.4, 0.5) is 0 Å². The number of amides is 1. The van der Waals surface area contributed by atoms with Gasteiger partial charge in [0.15, 0.2) is 0 Å². The molecule has 96 valence electrons. The van der Waals surface area contributed by atoms with Crippen molar-refractivity contribution in [2.45, 2.75) is 69.2 Å². The zero-order valence-corrected chi connectivity index (χ0v) is 10.3. The lowest BCUT2D eigenvalue weighted by Gasteiger charge is -2.25. The van der Waals surface area contributed by atoms with Crippen LogP contribution in [-0.4, -0.2) is 36.7 Å². The van der Waals surface area contributed by atoms with Crippen molar-refractivity contribution in [1.82, 2.24) is 10.6 Å². The number of fused-ring (bicyclic) bond motifs is 2. The molecule has 2 bridgehead atoms. The Kier molecular flexibility index (Phi) is 3.34. The first-order valence-corrected chi connectivity index (χ1v) is 6.99. The summed E-state index contributed by atoms with van der Waals surface area (Å²) in [6.45, 7) is 1.06. The average Bonchev–Trinajstić information content (AvgIpc) is 2.92. The lowest BCUT2D eigenvalue weighted by Crippen LogP contribution is -2.45. The van der Waals surface area contributed by atoms with E-state index >= 15 is 0 Å². The van der Waals surface area contributed by atoms with Crippen molar-refractivity contribution >= 4 is 5.91 Å². The van der Waals surface area contributed by atoms with E-state index < -0.39 is 0 Å². The van der Waals surface area contributed by atoms with Gasteiger partial charge in [-0.15, -0.1) is 0 Å². The lowest BCUT2D eigenvalue weighted by atomic mass is 9.95. The number of hydrogen-bond acceptors (Lipinski definition) is 3. The SMILES string of the molecule is O=C(CC1CCCCN1)NC1CC2CCC1O2. The van der Waals surface area contributed by atoms with Gasteiger partial charge >= 0.3 is 0 Å². The van der Waals surface area contributed by atoms with E-state index in [2.05, 4.69) is 10.6 Å². The maximum Gasteiger partial charge on any atom is 0.221 e. The third-order valence-corrected chi connectivity index (χ3v) is 4.30. The summed E-state index contributed by atoms with van der Waals surface area (Å²) in [5.74, 6) is 0.200. The van der Waals surface area contributed by atoms with E-state index in [0.29, 0.717) is 24.7 Å². The molecule has 0 aromatic rings. The van der Waals surface area contributed by atoms with E-state index in [9.17, 15) is 4.79 Å². The van der Waals surface area contributed by atoms with E-state index in [4.69, 9.17) is 4.74 Å². The van der Waals surface area contributed by atoms with Crippen LogP contribution in [0.3, 0.4) is 0 Å². The van der Waals surface area contributed by atoms with Gasteiger partial charge in [0, 0.05) is 12.5 Å². The molecule has 4 heteroatoms. The number of hydrogen-bond donors (Lipinski definition) is 2. The molecule has 1 amide bonds. The molecule has 17 heavy (non-hydrogen) atoms. The Morgan fingerprint density at radius 2 is 2.24 bits per heavy atom. The molecule has 3 rings (SSSR count). The molecule has 0 aliphatic carbocycles. The molecule has 2 N–H and O–H groups in total. The Balaban J connectivity index is 1.44. The number of piperidine rings is 1. The zero-order chi connectivity index (χ0) is 11.7. The minimum Gasteiger partial charge on any atom is -0.373 e. The van der Waals surface area contributed by atoms with E-state index in [-0.39, 0.29) is 11.9 Å². The van der Waals surface area contributed by atoms with Gasteiger partial charge in [-0.05, 0) is 38.6 Å². The number of carbonyl (C=O) groups is 1. The standard InChI is InChI=1S/C13H22N2O2/c16-13(7-9-3-1-2-6-14-9)15-11-8-10-4-5-12(11)17-10/h9-12,14H,1-8H2,(H,15,16). The summed E-state index contributed by atoms with van der Waals surface area (Å²) in [5, 5.41) is 6.57.